The minimum Gasteiger partial charge on any atom is -0.488 e. The summed E-state index contributed by atoms with van der Waals surface area (Å²) in [7, 11) is 0. The first-order valence-corrected chi connectivity index (χ1v) is 7.84. The number of rotatable bonds is 4. The van der Waals surface area contributed by atoms with Crippen LogP contribution in [-0.4, -0.2) is 15.9 Å². The van der Waals surface area contributed by atoms with Crippen molar-refractivity contribution in [2.75, 3.05) is 0 Å². The van der Waals surface area contributed by atoms with Gasteiger partial charge in [-0.1, -0.05) is 18.2 Å². The molecule has 21 heavy (non-hydrogen) atoms. The van der Waals surface area contributed by atoms with E-state index in [4.69, 9.17) is 10.6 Å². The van der Waals surface area contributed by atoms with Crippen molar-refractivity contribution in [3.63, 3.8) is 0 Å². The molecule has 2 atom stereocenters. The first-order valence-electron chi connectivity index (χ1n) is 7.05. The van der Waals surface area contributed by atoms with E-state index in [1.165, 1.54) is 5.56 Å². The second kappa shape index (κ2) is 5.79. The molecule has 2 unspecified atom stereocenters. The van der Waals surface area contributed by atoms with E-state index >= 15 is 0 Å². The van der Waals surface area contributed by atoms with Gasteiger partial charge in [-0.3, -0.25) is 10.5 Å². The Kier molecular flexibility index (Phi) is 4.01. The van der Waals surface area contributed by atoms with E-state index in [0.29, 0.717) is 0 Å². The number of benzene rings is 1. The topological polar surface area (TPSA) is 65.1 Å². The number of para-hydroxylation sites is 1. The van der Waals surface area contributed by atoms with E-state index in [1.54, 1.807) is 0 Å². The highest BCUT2D eigenvalue weighted by molar-refractivity contribution is 9.10. The van der Waals surface area contributed by atoms with Gasteiger partial charge in [-0.25, -0.2) is 5.43 Å². The maximum Gasteiger partial charge on any atom is 0.125 e. The molecule has 1 aliphatic heterocycles. The van der Waals surface area contributed by atoms with Crippen molar-refractivity contribution in [3.8, 4) is 5.75 Å². The van der Waals surface area contributed by atoms with E-state index < -0.39 is 0 Å². The lowest BCUT2D eigenvalue weighted by molar-refractivity contribution is 0.172. The number of halogens is 1. The molecule has 3 rings (SSSR count). The van der Waals surface area contributed by atoms with Gasteiger partial charge < -0.3 is 4.74 Å². The number of hydrazine groups is 1. The second-order valence-corrected chi connectivity index (χ2v) is 6.38. The molecule has 2 heterocycles. The second-order valence-electron chi connectivity index (χ2n) is 5.53. The minimum absolute atomic E-state index is 0.0436. The maximum absolute atomic E-state index is 6.07. The van der Waals surface area contributed by atoms with Crippen molar-refractivity contribution >= 4 is 15.9 Å². The standard InChI is InChI=1S/C15H19BrN4O/c1-9(2)20-15(11(16)8-18-20)14(19-17)13-7-10-5-3-4-6-12(10)21-13/h3-6,8-9,13-14,19H,7,17H2,1-2H3. The van der Waals surface area contributed by atoms with Crippen LogP contribution < -0.4 is 16.0 Å². The smallest absolute Gasteiger partial charge is 0.125 e. The van der Waals surface area contributed by atoms with Gasteiger partial charge in [-0.2, -0.15) is 5.10 Å². The maximum atomic E-state index is 6.07. The largest absolute Gasteiger partial charge is 0.488 e. The lowest BCUT2D eigenvalue weighted by Crippen LogP contribution is -2.40. The van der Waals surface area contributed by atoms with Crippen molar-refractivity contribution < 1.29 is 4.74 Å². The third-order valence-corrected chi connectivity index (χ3v) is 4.41. The molecule has 0 fully saturated rings. The van der Waals surface area contributed by atoms with Crippen molar-refractivity contribution in [2.24, 2.45) is 5.84 Å². The Morgan fingerprint density at radius 3 is 2.86 bits per heavy atom. The summed E-state index contributed by atoms with van der Waals surface area (Å²) in [4.78, 5) is 0. The zero-order valence-electron chi connectivity index (χ0n) is 12.1. The quantitative estimate of drug-likeness (QED) is 0.657. The summed E-state index contributed by atoms with van der Waals surface area (Å²) in [6.07, 6.45) is 2.60. The van der Waals surface area contributed by atoms with Crippen molar-refractivity contribution in [1.29, 1.82) is 0 Å². The van der Waals surface area contributed by atoms with Crippen LogP contribution in [0.1, 0.15) is 37.2 Å². The van der Waals surface area contributed by atoms with Gasteiger partial charge in [0.05, 0.1) is 16.4 Å². The predicted molar refractivity (Wildman–Crippen MR) is 84.9 cm³/mol. The molecule has 0 bridgehead atoms. The molecule has 112 valence electrons. The van der Waals surface area contributed by atoms with Gasteiger partial charge in [0.25, 0.3) is 0 Å². The van der Waals surface area contributed by atoms with Crippen molar-refractivity contribution in [3.05, 3.63) is 46.2 Å². The van der Waals surface area contributed by atoms with Crippen LogP contribution in [0.2, 0.25) is 0 Å². The monoisotopic (exact) mass is 350 g/mol. The molecular formula is C15H19BrN4O. The summed E-state index contributed by atoms with van der Waals surface area (Å²) < 4.78 is 8.99. The summed E-state index contributed by atoms with van der Waals surface area (Å²) in [5.41, 5.74) is 5.14. The van der Waals surface area contributed by atoms with Gasteiger partial charge in [0.2, 0.25) is 0 Å². The third-order valence-electron chi connectivity index (χ3n) is 3.79. The summed E-state index contributed by atoms with van der Waals surface area (Å²) in [5, 5.41) is 4.42. The lowest BCUT2D eigenvalue weighted by atomic mass is 10.0. The normalized spacial score (nSPS) is 18.6. The van der Waals surface area contributed by atoms with Crippen molar-refractivity contribution in [2.45, 2.75) is 38.5 Å². The Bertz CT molecular complexity index is 615. The molecule has 2 aromatic rings. The molecule has 1 aromatic heterocycles. The van der Waals surface area contributed by atoms with Crippen LogP contribution in [0.3, 0.4) is 0 Å². The van der Waals surface area contributed by atoms with Gasteiger partial charge in [0, 0.05) is 12.5 Å². The first kappa shape index (κ1) is 14.6. The summed E-state index contributed by atoms with van der Waals surface area (Å²) in [5.74, 6) is 6.76. The van der Waals surface area contributed by atoms with E-state index in [1.807, 2.05) is 29.1 Å². The molecule has 3 N–H and O–H groups in total. The van der Waals surface area contributed by atoms with Crippen LogP contribution in [0.5, 0.6) is 5.75 Å². The Hall–Kier alpha value is -1.37. The van der Waals surface area contributed by atoms with Crippen LogP contribution in [0.25, 0.3) is 0 Å². The molecule has 0 spiro atoms. The molecule has 0 aliphatic carbocycles. The Labute approximate surface area is 132 Å². The fourth-order valence-electron chi connectivity index (χ4n) is 2.81. The zero-order valence-corrected chi connectivity index (χ0v) is 13.7. The number of hydrogen-bond acceptors (Lipinski definition) is 4. The Morgan fingerprint density at radius 2 is 2.19 bits per heavy atom. The van der Waals surface area contributed by atoms with Gasteiger partial charge >= 0.3 is 0 Å². The lowest BCUT2D eigenvalue weighted by Gasteiger charge is -2.25. The number of fused-ring (bicyclic) bond motifs is 1. The molecule has 5 nitrogen and oxygen atoms in total. The Balaban J connectivity index is 1.93. The van der Waals surface area contributed by atoms with E-state index in [0.717, 1.165) is 22.3 Å². The molecule has 0 saturated carbocycles. The van der Waals surface area contributed by atoms with Crippen LogP contribution in [-0.2, 0) is 6.42 Å². The summed E-state index contributed by atoms with van der Waals surface area (Å²) >= 11 is 3.57. The number of aromatic nitrogens is 2. The van der Waals surface area contributed by atoms with E-state index in [9.17, 15) is 0 Å². The molecule has 0 amide bonds. The highest BCUT2D eigenvalue weighted by atomic mass is 79.9. The molecule has 6 heteroatoms. The molecule has 1 aromatic carbocycles. The highest BCUT2D eigenvalue weighted by Crippen LogP contribution is 2.36. The number of nitrogens with two attached hydrogens (primary N) is 1. The van der Waals surface area contributed by atoms with Crippen LogP contribution in [0, 0.1) is 0 Å². The zero-order chi connectivity index (χ0) is 15.0. The van der Waals surface area contributed by atoms with Crippen LogP contribution >= 0.6 is 15.9 Å². The summed E-state index contributed by atoms with van der Waals surface area (Å²) in [6, 6.07) is 8.24. The number of hydrogen-bond donors (Lipinski definition) is 2. The third kappa shape index (κ3) is 2.59. The van der Waals surface area contributed by atoms with Crippen LogP contribution in [0.15, 0.2) is 34.9 Å². The minimum atomic E-state index is -0.128. The Morgan fingerprint density at radius 1 is 1.43 bits per heavy atom. The number of ether oxygens (including phenoxy) is 1. The molecular weight excluding hydrogens is 332 g/mol. The molecule has 0 radical (unpaired) electrons. The van der Waals surface area contributed by atoms with E-state index in [-0.39, 0.29) is 18.2 Å². The number of nitrogens with zero attached hydrogens (tertiary/aromatic N) is 2. The predicted octanol–water partition coefficient (Wildman–Crippen LogP) is 2.73. The van der Waals surface area contributed by atoms with Gasteiger partial charge in [0.15, 0.2) is 0 Å². The average Bonchev–Trinajstić information content (AvgIpc) is 3.04. The average molecular weight is 351 g/mol. The fraction of sp³-hybridized carbons (Fsp3) is 0.400. The van der Waals surface area contributed by atoms with Gasteiger partial charge in [-0.15, -0.1) is 0 Å². The SMILES string of the molecule is CC(C)n1ncc(Br)c1C(NN)C1Cc2ccccc2O1. The van der Waals surface area contributed by atoms with Gasteiger partial charge in [0.1, 0.15) is 17.9 Å². The highest BCUT2D eigenvalue weighted by Gasteiger charge is 2.34. The summed E-state index contributed by atoms with van der Waals surface area (Å²) in [6.45, 7) is 4.20. The van der Waals surface area contributed by atoms with E-state index in [2.05, 4.69) is 46.4 Å². The molecule has 0 saturated heterocycles. The molecule has 1 aliphatic rings. The first-order chi connectivity index (χ1) is 10.1. The van der Waals surface area contributed by atoms with Gasteiger partial charge in [-0.05, 0) is 41.4 Å². The number of nitrogens with one attached hydrogen (secondary N) is 1. The van der Waals surface area contributed by atoms with Crippen molar-refractivity contribution in [1.82, 2.24) is 15.2 Å². The fourth-order valence-corrected chi connectivity index (χ4v) is 3.33. The van der Waals surface area contributed by atoms with Crippen LogP contribution in [0.4, 0.5) is 0 Å².